The van der Waals surface area contributed by atoms with Gasteiger partial charge >= 0.3 is 0 Å². The fourth-order valence-corrected chi connectivity index (χ4v) is 6.37. The van der Waals surface area contributed by atoms with Crippen molar-refractivity contribution in [3.8, 4) is 17.0 Å². The van der Waals surface area contributed by atoms with Gasteiger partial charge in [-0.3, -0.25) is 9.67 Å². The first-order chi connectivity index (χ1) is 15.6. The molecule has 2 aliphatic rings. The number of fused-ring (bicyclic) bond motifs is 4. The SMILES string of the molecule is COc1cc(-c2cc3sc(N(C)C4CC5CCCC(C4)N5)nc3cn2)cc2cn(C)nc12. The molecule has 0 amide bonds. The highest BCUT2D eigenvalue weighted by atomic mass is 32.1. The minimum Gasteiger partial charge on any atom is -0.494 e. The van der Waals surface area contributed by atoms with Crippen LogP contribution in [0, 0.1) is 0 Å². The van der Waals surface area contributed by atoms with Gasteiger partial charge in [-0.1, -0.05) is 17.8 Å². The second-order valence-corrected chi connectivity index (χ2v) is 10.2. The molecule has 2 fully saturated rings. The Morgan fingerprint density at radius 3 is 2.78 bits per heavy atom. The number of aromatic nitrogens is 4. The molecule has 2 atom stereocenters. The molecule has 0 saturated carbocycles. The van der Waals surface area contributed by atoms with Gasteiger partial charge in [0.15, 0.2) is 5.13 Å². The lowest BCUT2D eigenvalue weighted by Gasteiger charge is -2.43. The van der Waals surface area contributed by atoms with Gasteiger partial charge in [0.1, 0.15) is 16.8 Å². The number of hydrogen-bond acceptors (Lipinski definition) is 7. The fraction of sp³-hybridized carbons (Fsp3) is 0.458. The third-order valence-electron chi connectivity index (χ3n) is 7.01. The van der Waals surface area contributed by atoms with Gasteiger partial charge in [0.25, 0.3) is 0 Å². The molecule has 8 heteroatoms. The van der Waals surface area contributed by atoms with Crippen molar-refractivity contribution in [2.75, 3.05) is 19.1 Å². The number of hydrogen-bond donors (Lipinski definition) is 1. The molecule has 5 heterocycles. The van der Waals surface area contributed by atoms with Gasteiger partial charge < -0.3 is 15.0 Å². The molecule has 1 N–H and O–H groups in total. The Kier molecular flexibility index (Phi) is 4.80. The normalized spacial score (nSPS) is 23.0. The number of pyridine rings is 1. The first-order valence-corrected chi connectivity index (χ1v) is 12.2. The summed E-state index contributed by atoms with van der Waals surface area (Å²) in [6.07, 6.45) is 10.3. The molecule has 2 aliphatic heterocycles. The second-order valence-electron chi connectivity index (χ2n) is 9.18. The van der Waals surface area contributed by atoms with E-state index in [9.17, 15) is 0 Å². The summed E-state index contributed by atoms with van der Waals surface area (Å²) in [6, 6.07) is 8.17. The van der Waals surface area contributed by atoms with Crippen molar-refractivity contribution >= 4 is 37.6 Å². The number of anilines is 1. The molecule has 2 saturated heterocycles. The van der Waals surface area contributed by atoms with Crippen molar-refractivity contribution in [1.29, 1.82) is 0 Å². The molecule has 2 bridgehead atoms. The molecule has 0 aliphatic carbocycles. The quantitative estimate of drug-likeness (QED) is 0.500. The lowest BCUT2D eigenvalue weighted by molar-refractivity contribution is 0.219. The Balaban J connectivity index is 1.32. The first-order valence-electron chi connectivity index (χ1n) is 11.3. The summed E-state index contributed by atoms with van der Waals surface area (Å²) in [4.78, 5) is 12.1. The first kappa shape index (κ1) is 19.9. The summed E-state index contributed by atoms with van der Waals surface area (Å²) in [5.41, 5.74) is 3.78. The molecule has 3 aromatic heterocycles. The Morgan fingerprint density at radius 2 is 2.00 bits per heavy atom. The van der Waals surface area contributed by atoms with Crippen LogP contribution in [0.2, 0.25) is 0 Å². The van der Waals surface area contributed by atoms with E-state index in [1.807, 2.05) is 30.2 Å². The lowest BCUT2D eigenvalue weighted by Crippen LogP contribution is -2.54. The molecular formula is C24H28N6OS. The number of ether oxygens (including phenoxy) is 1. The molecule has 7 nitrogen and oxygen atoms in total. The Morgan fingerprint density at radius 1 is 1.19 bits per heavy atom. The highest BCUT2D eigenvalue weighted by molar-refractivity contribution is 7.22. The molecule has 0 radical (unpaired) electrons. The molecular weight excluding hydrogens is 420 g/mol. The van der Waals surface area contributed by atoms with E-state index < -0.39 is 0 Å². The van der Waals surface area contributed by atoms with Crippen LogP contribution in [-0.2, 0) is 7.05 Å². The summed E-state index contributed by atoms with van der Waals surface area (Å²) in [7, 11) is 5.82. The summed E-state index contributed by atoms with van der Waals surface area (Å²) in [5, 5.41) is 10.4. The second kappa shape index (κ2) is 7.71. The number of methoxy groups -OCH3 is 1. The van der Waals surface area contributed by atoms with Crippen LogP contribution in [-0.4, -0.2) is 52.0 Å². The Bertz CT molecular complexity index is 1280. The van der Waals surface area contributed by atoms with E-state index in [2.05, 4.69) is 34.5 Å². The maximum absolute atomic E-state index is 5.60. The monoisotopic (exact) mass is 448 g/mol. The fourth-order valence-electron chi connectivity index (χ4n) is 5.36. The molecule has 32 heavy (non-hydrogen) atoms. The van der Waals surface area contributed by atoms with Gasteiger partial charge in [-0.05, 0) is 43.9 Å². The third-order valence-corrected chi connectivity index (χ3v) is 8.12. The number of aryl methyl sites for hydroxylation is 1. The average molecular weight is 449 g/mol. The van der Waals surface area contributed by atoms with Gasteiger partial charge in [-0.25, -0.2) is 4.98 Å². The highest BCUT2D eigenvalue weighted by Gasteiger charge is 2.33. The predicted octanol–water partition coefficient (Wildman–Crippen LogP) is 4.36. The standard InChI is InChI=1S/C24H28N6OS/c1-29-13-15-7-14(8-21(31-3)23(15)28-29)19-11-22-20(12-25-19)27-24(32-22)30(2)18-9-16-5-4-6-17(10-18)26-16/h7-8,11-13,16-18,26H,4-6,9-10H2,1-3H3. The maximum Gasteiger partial charge on any atom is 0.186 e. The van der Waals surface area contributed by atoms with Gasteiger partial charge in [-0.15, -0.1) is 0 Å². The van der Waals surface area contributed by atoms with Gasteiger partial charge in [-0.2, -0.15) is 5.10 Å². The van der Waals surface area contributed by atoms with E-state index in [1.165, 1.54) is 32.1 Å². The minimum absolute atomic E-state index is 0.553. The third kappa shape index (κ3) is 3.42. The van der Waals surface area contributed by atoms with Crippen LogP contribution in [0.5, 0.6) is 5.75 Å². The maximum atomic E-state index is 5.60. The summed E-state index contributed by atoms with van der Waals surface area (Å²) >= 11 is 1.76. The summed E-state index contributed by atoms with van der Waals surface area (Å²) in [5.74, 6) is 0.765. The van der Waals surface area contributed by atoms with Gasteiger partial charge in [0.05, 0.1) is 23.7 Å². The molecule has 1 aromatic carbocycles. The lowest BCUT2D eigenvalue weighted by atomic mass is 9.83. The van der Waals surface area contributed by atoms with E-state index >= 15 is 0 Å². The van der Waals surface area contributed by atoms with Crippen LogP contribution in [0.25, 0.3) is 32.4 Å². The van der Waals surface area contributed by atoms with Crippen molar-refractivity contribution in [3.05, 3.63) is 30.6 Å². The zero-order valence-electron chi connectivity index (χ0n) is 18.7. The number of rotatable bonds is 4. The van der Waals surface area contributed by atoms with Crippen molar-refractivity contribution < 1.29 is 4.74 Å². The van der Waals surface area contributed by atoms with E-state index in [0.717, 1.165) is 43.3 Å². The molecule has 166 valence electrons. The van der Waals surface area contributed by atoms with Crippen LogP contribution in [0.1, 0.15) is 32.1 Å². The smallest absolute Gasteiger partial charge is 0.186 e. The molecule has 4 aromatic rings. The van der Waals surface area contributed by atoms with E-state index in [1.54, 1.807) is 18.4 Å². The van der Waals surface area contributed by atoms with E-state index in [0.29, 0.717) is 18.1 Å². The van der Waals surface area contributed by atoms with Crippen LogP contribution in [0.3, 0.4) is 0 Å². The van der Waals surface area contributed by atoms with Crippen LogP contribution >= 0.6 is 11.3 Å². The van der Waals surface area contributed by atoms with E-state index in [-0.39, 0.29) is 0 Å². The Hall–Kier alpha value is -2.71. The molecule has 2 unspecified atom stereocenters. The zero-order chi connectivity index (χ0) is 21.8. The number of piperidine rings is 2. The average Bonchev–Trinajstić information content (AvgIpc) is 3.39. The van der Waals surface area contributed by atoms with Crippen LogP contribution in [0.15, 0.2) is 30.6 Å². The Labute approximate surface area is 191 Å². The summed E-state index contributed by atoms with van der Waals surface area (Å²) < 4.78 is 8.58. The van der Waals surface area contributed by atoms with Crippen molar-refractivity contribution in [2.45, 2.75) is 50.2 Å². The minimum atomic E-state index is 0.553. The molecule has 0 spiro atoms. The topological polar surface area (TPSA) is 68.1 Å². The van der Waals surface area contributed by atoms with Crippen molar-refractivity contribution in [1.82, 2.24) is 25.1 Å². The van der Waals surface area contributed by atoms with Crippen molar-refractivity contribution in [3.63, 3.8) is 0 Å². The predicted molar refractivity (Wildman–Crippen MR) is 130 cm³/mol. The largest absolute Gasteiger partial charge is 0.494 e. The van der Waals surface area contributed by atoms with Crippen LogP contribution in [0.4, 0.5) is 5.13 Å². The van der Waals surface area contributed by atoms with Gasteiger partial charge in [0, 0.05) is 49.4 Å². The molecule has 6 rings (SSSR count). The van der Waals surface area contributed by atoms with Gasteiger partial charge in [0.2, 0.25) is 0 Å². The number of nitrogens with zero attached hydrogens (tertiary/aromatic N) is 5. The number of thiazole rings is 1. The van der Waals surface area contributed by atoms with Crippen LogP contribution < -0.4 is 15.0 Å². The zero-order valence-corrected chi connectivity index (χ0v) is 19.5. The number of benzene rings is 1. The summed E-state index contributed by atoms with van der Waals surface area (Å²) in [6.45, 7) is 0. The van der Waals surface area contributed by atoms with E-state index in [4.69, 9.17) is 14.7 Å². The highest BCUT2D eigenvalue weighted by Crippen LogP contribution is 2.36. The number of nitrogens with one attached hydrogen (secondary N) is 1. The van der Waals surface area contributed by atoms with Crippen molar-refractivity contribution in [2.24, 2.45) is 7.05 Å².